The molecule has 0 saturated heterocycles. The zero-order chi connectivity index (χ0) is 6.69. The van der Waals surface area contributed by atoms with Crippen molar-refractivity contribution < 1.29 is 4.79 Å². The van der Waals surface area contributed by atoms with Gasteiger partial charge in [-0.2, -0.15) is 0 Å². The topological polar surface area (TPSA) is 68.9 Å². The van der Waals surface area contributed by atoms with Crippen LogP contribution in [0, 0.1) is 0 Å². The molecule has 0 aliphatic heterocycles. The summed E-state index contributed by atoms with van der Waals surface area (Å²) in [5.41, 5.74) is 5.06. The number of carbonyl (C=O) groups excluding carboxylic acids is 1. The van der Waals surface area contributed by atoms with E-state index in [1.807, 2.05) is 0 Å². The highest BCUT2D eigenvalue weighted by Gasteiger charge is 1.97. The Morgan fingerprint density at radius 1 is 1.25 bits per heavy atom. The largest absolute Gasteiger partial charge is 0.364 e. The van der Waals surface area contributed by atoms with Crippen molar-refractivity contribution in [3.05, 3.63) is 24.3 Å². The van der Waals surface area contributed by atoms with Crippen molar-refractivity contribution in [1.29, 1.82) is 0 Å². The molecule has 1 rings (SSSR count). The van der Waals surface area contributed by atoms with Crippen LogP contribution in [0.5, 0.6) is 0 Å². The fourth-order valence-electron chi connectivity index (χ4n) is 0.426. The average Bonchev–Trinajstić information content (AvgIpc) is 1.90. The molecule has 0 bridgehead atoms. The van der Waals surface area contributed by atoms with Crippen LogP contribution >= 0.6 is 37.2 Å². The van der Waals surface area contributed by atoms with Crippen LogP contribution in [0.15, 0.2) is 18.6 Å². The molecule has 2 N–H and O–H groups in total. The van der Waals surface area contributed by atoms with Gasteiger partial charge in [0.1, 0.15) is 5.69 Å². The van der Waals surface area contributed by atoms with Gasteiger partial charge in [-0.1, -0.05) is 0 Å². The summed E-state index contributed by atoms with van der Waals surface area (Å²) in [7, 11) is 0. The minimum absolute atomic E-state index is 0. The summed E-state index contributed by atoms with van der Waals surface area (Å²) in [5.74, 6) is -0.553. The quantitative estimate of drug-likeness (QED) is 0.780. The Labute approximate surface area is 88.2 Å². The van der Waals surface area contributed by atoms with Gasteiger partial charge in [-0.15, -0.1) is 37.2 Å². The summed E-state index contributed by atoms with van der Waals surface area (Å²) in [5, 5.41) is 0. The van der Waals surface area contributed by atoms with Gasteiger partial charge in [-0.3, -0.25) is 9.78 Å². The molecule has 0 unspecified atom stereocenters. The summed E-state index contributed by atoms with van der Waals surface area (Å²) in [6, 6.07) is 0. The number of amides is 1. The number of carbonyl (C=O) groups is 1. The maximum Gasteiger partial charge on any atom is 0.268 e. The number of aromatic nitrogens is 2. The number of primary amides is 1. The molecule has 70 valence electrons. The number of halogens is 3. The molecule has 1 heterocycles. The number of hydrogen-bond donors (Lipinski definition) is 1. The first-order valence-corrected chi connectivity index (χ1v) is 2.36. The Balaban J connectivity index is -0.000000270. The standard InChI is InChI=1S/C5H5N3O.3ClH/c6-5(9)4-3-7-1-2-8-4;;;/h1-3H,(H2,6,9);3*1H. The fraction of sp³-hybridized carbons (Fsp3) is 0. The lowest BCUT2D eigenvalue weighted by atomic mass is 10.4. The summed E-state index contributed by atoms with van der Waals surface area (Å²) in [4.78, 5) is 17.6. The van der Waals surface area contributed by atoms with E-state index in [0.29, 0.717) is 0 Å². The van der Waals surface area contributed by atoms with Crippen molar-refractivity contribution in [2.24, 2.45) is 5.73 Å². The lowest BCUT2D eigenvalue weighted by Crippen LogP contribution is -2.12. The van der Waals surface area contributed by atoms with E-state index in [2.05, 4.69) is 9.97 Å². The van der Waals surface area contributed by atoms with E-state index >= 15 is 0 Å². The summed E-state index contributed by atoms with van der Waals surface area (Å²) < 4.78 is 0. The van der Waals surface area contributed by atoms with Crippen LogP contribution in [0.1, 0.15) is 10.5 Å². The molecule has 4 nitrogen and oxygen atoms in total. The minimum Gasteiger partial charge on any atom is -0.364 e. The second kappa shape index (κ2) is 8.52. The van der Waals surface area contributed by atoms with Gasteiger partial charge in [0.15, 0.2) is 0 Å². The lowest BCUT2D eigenvalue weighted by molar-refractivity contribution is 0.0995. The molecular formula is C5H8Cl3N3O. The third kappa shape index (κ3) is 5.12. The van der Waals surface area contributed by atoms with Gasteiger partial charge in [0, 0.05) is 12.4 Å². The van der Waals surface area contributed by atoms with E-state index in [-0.39, 0.29) is 42.9 Å². The molecule has 0 aliphatic rings. The molecule has 1 aromatic rings. The SMILES string of the molecule is Cl.Cl.Cl.NC(=O)c1cnccn1. The Hall–Kier alpha value is -0.580. The average molecular weight is 232 g/mol. The summed E-state index contributed by atoms with van der Waals surface area (Å²) in [6.45, 7) is 0. The van der Waals surface area contributed by atoms with Crippen molar-refractivity contribution in [2.45, 2.75) is 0 Å². The molecule has 1 amide bonds. The molecule has 1 aromatic heterocycles. The van der Waals surface area contributed by atoms with Crippen LogP contribution in [-0.4, -0.2) is 15.9 Å². The van der Waals surface area contributed by atoms with Crippen LogP contribution in [-0.2, 0) is 0 Å². The molecule has 7 heteroatoms. The van der Waals surface area contributed by atoms with Crippen molar-refractivity contribution >= 4 is 43.1 Å². The summed E-state index contributed by atoms with van der Waals surface area (Å²) in [6.07, 6.45) is 4.22. The first-order chi connectivity index (χ1) is 4.30. The van der Waals surface area contributed by atoms with Gasteiger partial charge in [0.2, 0.25) is 0 Å². The van der Waals surface area contributed by atoms with Crippen LogP contribution in [0.3, 0.4) is 0 Å². The van der Waals surface area contributed by atoms with Crippen LogP contribution < -0.4 is 5.73 Å². The van der Waals surface area contributed by atoms with E-state index in [1.54, 1.807) is 0 Å². The molecule has 0 atom stereocenters. The predicted octanol–water partition coefficient (Wildman–Crippen LogP) is 0.841. The normalized spacial score (nSPS) is 6.67. The van der Waals surface area contributed by atoms with Crippen LogP contribution in [0.25, 0.3) is 0 Å². The molecule has 0 spiro atoms. The Morgan fingerprint density at radius 2 is 1.83 bits per heavy atom. The summed E-state index contributed by atoms with van der Waals surface area (Å²) >= 11 is 0. The molecule has 12 heavy (non-hydrogen) atoms. The maximum absolute atomic E-state index is 10.3. The highest BCUT2D eigenvalue weighted by Crippen LogP contribution is 1.84. The predicted molar refractivity (Wildman–Crippen MR) is 52.3 cm³/mol. The third-order valence-corrected chi connectivity index (χ3v) is 0.816. The van der Waals surface area contributed by atoms with Gasteiger partial charge < -0.3 is 5.73 Å². The van der Waals surface area contributed by atoms with Crippen LogP contribution in [0.4, 0.5) is 0 Å². The second-order valence-electron chi connectivity index (χ2n) is 1.45. The first-order valence-electron chi connectivity index (χ1n) is 2.36. The Morgan fingerprint density at radius 3 is 2.08 bits per heavy atom. The zero-order valence-corrected chi connectivity index (χ0v) is 8.29. The van der Waals surface area contributed by atoms with Crippen molar-refractivity contribution in [2.75, 3.05) is 0 Å². The van der Waals surface area contributed by atoms with Gasteiger partial charge in [-0.05, 0) is 0 Å². The Kier molecular flexibility index (Phi) is 12.4. The first kappa shape index (κ1) is 17.5. The Bertz CT molecular complexity index is 218. The highest BCUT2D eigenvalue weighted by molar-refractivity contribution is 5.90. The zero-order valence-electron chi connectivity index (χ0n) is 5.84. The molecule has 0 aliphatic carbocycles. The molecular weight excluding hydrogens is 224 g/mol. The number of hydrogen-bond acceptors (Lipinski definition) is 3. The van der Waals surface area contributed by atoms with Gasteiger partial charge in [-0.25, -0.2) is 4.98 Å². The number of nitrogens with two attached hydrogens (primary N) is 1. The maximum atomic E-state index is 10.3. The number of nitrogens with zero attached hydrogens (tertiary/aromatic N) is 2. The molecule has 0 saturated carbocycles. The lowest BCUT2D eigenvalue weighted by Gasteiger charge is -1.87. The second-order valence-corrected chi connectivity index (χ2v) is 1.45. The smallest absolute Gasteiger partial charge is 0.268 e. The van der Waals surface area contributed by atoms with E-state index in [0.717, 1.165) is 0 Å². The van der Waals surface area contributed by atoms with Gasteiger partial charge in [0.25, 0.3) is 5.91 Å². The molecule has 0 radical (unpaired) electrons. The number of rotatable bonds is 1. The van der Waals surface area contributed by atoms with Gasteiger partial charge >= 0.3 is 0 Å². The highest BCUT2D eigenvalue weighted by atomic mass is 35.5. The molecule has 0 fully saturated rings. The minimum atomic E-state index is -0.553. The van der Waals surface area contributed by atoms with Crippen molar-refractivity contribution in [3.63, 3.8) is 0 Å². The van der Waals surface area contributed by atoms with E-state index in [9.17, 15) is 4.79 Å². The van der Waals surface area contributed by atoms with Gasteiger partial charge in [0.05, 0.1) is 6.20 Å². The van der Waals surface area contributed by atoms with E-state index < -0.39 is 5.91 Å². The van der Waals surface area contributed by atoms with E-state index in [1.165, 1.54) is 18.6 Å². The van der Waals surface area contributed by atoms with Crippen molar-refractivity contribution in [1.82, 2.24) is 9.97 Å². The van der Waals surface area contributed by atoms with Crippen molar-refractivity contribution in [3.8, 4) is 0 Å². The third-order valence-electron chi connectivity index (χ3n) is 0.816. The monoisotopic (exact) mass is 231 g/mol. The molecule has 0 aromatic carbocycles. The van der Waals surface area contributed by atoms with Crippen LogP contribution in [0.2, 0.25) is 0 Å². The van der Waals surface area contributed by atoms with E-state index in [4.69, 9.17) is 5.73 Å². The fourth-order valence-corrected chi connectivity index (χ4v) is 0.426.